The van der Waals surface area contributed by atoms with Crippen LogP contribution in [0.1, 0.15) is 70.8 Å². The van der Waals surface area contributed by atoms with Gasteiger partial charge in [0.15, 0.2) is 0 Å². The lowest BCUT2D eigenvalue weighted by Crippen LogP contribution is -2.45. The molecule has 1 aromatic carbocycles. The molecule has 0 aliphatic heterocycles. The fourth-order valence-electron chi connectivity index (χ4n) is 3.09. The zero-order valence-corrected chi connectivity index (χ0v) is 13.9. The molecule has 118 valence electrons. The number of nitrogens with one attached hydrogen (secondary N) is 1. The maximum atomic E-state index is 6.27. The van der Waals surface area contributed by atoms with E-state index in [0.29, 0.717) is 18.1 Å². The summed E-state index contributed by atoms with van der Waals surface area (Å²) in [5.41, 5.74) is 1.41. The van der Waals surface area contributed by atoms with E-state index in [0.717, 1.165) is 12.3 Å². The van der Waals surface area contributed by atoms with Gasteiger partial charge in [-0.05, 0) is 62.3 Å². The van der Waals surface area contributed by atoms with Crippen molar-refractivity contribution in [3.05, 3.63) is 29.8 Å². The van der Waals surface area contributed by atoms with Gasteiger partial charge in [-0.3, -0.25) is 0 Å². The highest BCUT2D eigenvalue weighted by Gasteiger charge is 2.26. The van der Waals surface area contributed by atoms with Crippen LogP contribution in [0.5, 0.6) is 5.75 Å². The van der Waals surface area contributed by atoms with Crippen LogP contribution in [0.25, 0.3) is 0 Å². The lowest BCUT2D eigenvalue weighted by molar-refractivity contribution is 0.114. The Labute approximate surface area is 130 Å². The van der Waals surface area contributed by atoms with Crippen LogP contribution >= 0.6 is 0 Å². The van der Waals surface area contributed by atoms with Gasteiger partial charge in [0, 0.05) is 6.04 Å². The minimum Gasteiger partial charge on any atom is -0.489 e. The van der Waals surface area contributed by atoms with Gasteiger partial charge >= 0.3 is 0 Å². The van der Waals surface area contributed by atoms with E-state index in [9.17, 15) is 0 Å². The molecule has 2 heteroatoms. The van der Waals surface area contributed by atoms with E-state index in [-0.39, 0.29) is 0 Å². The van der Waals surface area contributed by atoms with Crippen LogP contribution < -0.4 is 10.1 Å². The highest BCUT2D eigenvalue weighted by atomic mass is 16.5. The molecule has 2 rings (SSSR count). The van der Waals surface area contributed by atoms with Crippen molar-refractivity contribution in [2.24, 2.45) is 0 Å². The van der Waals surface area contributed by atoms with Crippen molar-refractivity contribution in [3.63, 3.8) is 0 Å². The molecule has 1 N–H and O–H groups in total. The summed E-state index contributed by atoms with van der Waals surface area (Å²) in [5, 5.41) is 3.66. The van der Waals surface area contributed by atoms with Crippen LogP contribution in [0.2, 0.25) is 0 Å². The van der Waals surface area contributed by atoms with Gasteiger partial charge in [0.25, 0.3) is 0 Å². The zero-order chi connectivity index (χ0) is 15.1. The van der Waals surface area contributed by atoms with E-state index in [1.165, 1.54) is 44.1 Å². The lowest BCUT2D eigenvalue weighted by atomic mass is 9.92. The first-order valence-electron chi connectivity index (χ1n) is 8.74. The molecule has 1 aromatic rings. The highest BCUT2D eigenvalue weighted by Crippen LogP contribution is 2.26. The summed E-state index contributed by atoms with van der Waals surface area (Å²) in [4.78, 5) is 0. The minimum atomic E-state index is 0.333. The molecule has 1 saturated carbocycles. The molecule has 21 heavy (non-hydrogen) atoms. The maximum Gasteiger partial charge on any atom is 0.119 e. The van der Waals surface area contributed by atoms with Crippen molar-refractivity contribution in [1.29, 1.82) is 0 Å². The van der Waals surface area contributed by atoms with Gasteiger partial charge in [0.05, 0.1) is 0 Å². The van der Waals surface area contributed by atoms with Crippen molar-refractivity contribution in [2.75, 3.05) is 6.54 Å². The molecule has 0 bridgehead atoms. The quantitative estimate of drug-likeness (QED) is 0.771. The first-order chi connectivity index (χ1) is 10.2. The monoisotopic (exact) mass is 289 g/mol. The van der Waals surface area contributed by atoms with Crippen LogP contribution in [0.4, 0.5) is 0 Å². The molecule has 1 aliphatic rings. The molecule has 3 unspecified atom stereocenters. The summed E-state index contributed by atoms with van der Waals surface area (Å²) >= 11 is 0. The molecule has 0 saturated heterocycles. The van der Waals surface area contributed by atoms with Gasteiger partial charge in [-0.2, -0.15) is 0 Å². The summed E-state index contributed by atoms with van der Waals surface area (Å²) in [5.74, 6) is 1.66. The normalized spacial score (nSPS) is 23.8. The molecular formula is C19H31NO. The minimum absolute atomic E-state index is 0.333. The van der Waals surface area contributed by atoms with Crippen LogP contribution in [0, 0.1) is 0 Å². The zero-order valence-electron chi connectivity index (χ0n) is 13.9. The predicted octanol–water partition coefficient (Wildman–Crippen LogP) is 4.89. The molecule has 0 heterocycles. The van der Waals surface area contributed by atoms with Crippen molar-refractivity contribution >= 4 is 0 Å². The first-order valence-corrected chi connectivity index (χ1v) is 8.74. The molecule has 0 aromatic heterocycles. The second-order valence-electron chi connectivity index (χ2n) is 6.38. The Morgan fingerprint density at radius 1 is 1.14 bits per heavy atom. The molecule has 3 atom stereocenters. The number of ether oxygens (including phenoxy) is 1. The third kappa shape index (κ3) is 4.74. The summed E-state index contributed by atoms with van der Waals surface area (Å²) in [6.45, 7) is 7.83. The van der Waals surface area contributed by atoms with Crippen LogP contribution in [0.3, 0.4) is 0 Å². The van der Waals surface area contributed by atoms with Crippen molar-refractivity contribution in [2.45, 2.75) is 77.4 Å². The van der Waals surface area contributed by atoms with Crippen molar-refractivity contribution < 1.29 is 4.74 Å². The molecule has 0 spiro atoms. The largest absolute Gasteiger partial charge is 0.489 e. The predicted molar refractivity (Wildman–Crippen MR) is 90.1 cm³/mol. The van der Waals surface area contributed by atoms with E-state index >= 15 is 0 Å². The fraction of sp³-hybridized carbons (Fsp3) is 0.684. The number of benzene rings is 1. The Hall–Kier alpha value is -1.02. The van der Waals surface area contributed by atoms with Crippen LogP contribution in [-0.2, 0) is 0 Å². The van der Waals surface area contributed by atoms with E-state index < -0.39 is 0 Å². The van der Waals surface area contributed by atoms with E-state index in [1.54, 1.807) is 0 Å². The standard InChI is InChI=1S/C19H31NO/c1-4-14-20-18-8-6-7-9-19(18)21-17-12-10-16(11-13-17)15(3)5-2/h10-13,15,18-20H,4-9,14H2,1-3H3. The molecule has 0 radical (unpaired) electrons. The van der Waals surface area contributed by atoms with Crippen LogP contribution in [0.15, 0.2) is 24.3 Å². The summed E-state index contributed by atoms with van der Waals surface area (Å²) in [7, 11) is 0. The van der Waals surface area contributed by atoms with Crippen LogP contribution in [-0.4, -0.2) is 18.7 Å². The summed E-state index contributed by atoms with van der Waals surface area (Å²) in [6, 6.07) is 9.26. The smallest absolute Gasteiger partial charge is 0.119 e. The molecule has 1 aliphatic carbocycles. The van der Waals surface area contributed by atoms with Crippen molar-refractivity contribution in [1.82, 2.24) is 5.32 Å². The average molecular weight is 289 g/mol. The Kier molecular flexibility index (Phi) is 6.56. The Morgan fingerprint density at radius 3 is 2.52 bits per heavy atom. The molecule has 1 fully saturated rings. The van der Waals surface area contributed by atoms with Gasteiger partial charge in [-0.1, -0.05) is 39.3 Å². The van der Waals surface area contributed by atoms with Gasteiger partial charge in [-0.15, -0.1) is 0 Å². The average Bonchev–Trinajstić information content (AvgIpc) is 2.54. The highest BCUT2D eigenvalue weighted by molar-refractivity contribution is 5.29. The first kappa shape index (κ1) is 16.4. The SMILES string of the molecule is CCCNC1CCCCC1Oc1ccc(C(C)CC)cc1. The number of hydrogen-bond donors (Lipinski definition) is 1. The molecular weight excluding hydrogens is 258 g/mol. The van der Waals surface area contributed by atoms with Crippen molar-refractivity contribution in [3.8, 4) is 5.75 Å². The Morgan fingerprint density at radius 2 is 1.86 bits per heavy atom. The molecule has 2 nitrogen and oxygen atoms in total. The second kappa shape index (κ2) is 8.43. The molecule has 0 amide bonds. The van der Waals surface area contributed by atoms with Gasteiger partial charge < -0.3 is 10.1 Å². The van der Waals surface area contributed by atoms with E-state index in [2.05, 4.69) is 50.4 Å². The summed E-state index contributed by atoms with van der Waals surface area (Å²) < 4.78 is 6.27. The lowest BCUT2D eigenvalue weighted by Gasteiger charge is -2.32. The van der Waals surface area contributed by atoms with Gasteiger partial charge in [-0.25, -0.2) is 0 Å². The maximum absolute atomic E-state index is 6.27. The fourth-order valence-corrected chi connectivity index (χ4v) is 3.09. The number of hydrogen-bond acceptors (Lipinski definition) is 2. The Bertz CT molecular complexity index is 401. The van der Waals surface area contributed by atoms with E-state index in [4.69, 9.17) is 4.74 Å². The third-order valence-electron chi connectivity index (χ3n) is 4.71. The van der Waals surface area contributed by atoms with Gasteiger partial charge in [0.2, 0.25) is 0 Å². The third-order valence-corrected chi connectivity index (χ3v) is 4.71. The topological polar surface area (TPSA) is 21.3 Å². The summed E-state index contributed by atoms with van der Waals surface area (Å²) in [6.07, 6.45) is 7.75. The number of rotatable bonds is 7. The van der Waals surface area contributed by atoms with Gasteiger partial charge in [0.1, 0.15) is 11.9 Å². The van der Waals surface area contributed by atoms with E-state index in [1.807, 2.05) is 0 Å². The Balaban J connectivity index is 1.95. The second-order valence-corrected chi connectivity index (χ2v) is 6.38.